The van der Waals surface area contributed by atoms with E-state index in [4.69, 9.17) is 9.84 Å². The smallest absolute Gasteiger partial charge is 0.341 e. The minimum Gasteiger partial charge on any atom is -0.482 e. The second-order valence-corrected chi connectivity index (χ2v) is 4.94. The van der Waals surface area contributed by atoms with Gasteiger partial charge in [0.2, 0.25) is 5.91 Å². The monoisotopic (exact) mass is 311 g/mol. The van der Waals surface area contributed by atoms with E-state index in [9.17, 15) is 9.59 Å². The first-order chi connectivity index (χ1) is 11.0. The van der Waals surface area contributed by atoms with Crippen molar-refractivity contribution in [3.63, 3.8) is 0 Å². The van der Waals surface area contributed by atoms with E-state index in [0.717, 1.165) is 11.1 Å². The lowest BCUT2D eigenvalue weighted by atomic mass is 10.1. The van der Waals surface area contributed by atoms with Gasteiger partial charge >= 0.3 is 5.97 Å². The molecule has 2 rings (SSSR count). The summed E-state index contributed by atoms with van der Waals surface area (Å²) in [7, 11) is 0. The molecule has 0 aliphatic rings. The van der Waals surface area contributed by atoms with Gasteiger partial charge in [0.1, 0.15) is 5.75 Å². The van der Waals surface area contributed by atoms with Crippen LogP contribution in [-0.2, 0) is 9.59 Å². The van der Waals surface area contributed by atoms with Gasteiger partial charge in [-0.2, -0.15) is 0 Å². The first-order valence-electron chi connectivity index (χ1n) is 7.03. The largest absolute Gasteiger partial charge is 0.482 e. The Bertz CT molecular complexity index is 703. The predicted octanol–water partition coefficient (Wildman–Crippen LogP) is 3.11. The molecule has 118 valence electrons. The number of carboxylic acids is 1. The Balaban J connectivity index is 1.89. The first-order valence-corrected chi connectivity index (χ1v) is 7.03. The molecule has 0 spiro atoms. The summed E-state index contributed by atoms with van der Waals surface area (Å²) in [6.07, 6.45) is 3.19. The molecule has 0 heterocycles. The van der Waals surface area contributed by atoms with Crippen LogP contribution >= 0.6 is 0 Å². The molecule has 2 aromatic rings. The molecular formula is C18H17NO4. The molecule has 0 saturated heterocycles. The van der Waals surface area contributed by atoms with Crippen molar-refractivity contribution in [1.29, 1.82) is 0 Å². The van der Waals surface area contributed by atoms with Gasteiger partial charge in [0.05, 0.1) is 0 Å². The maximum atomic E-state index is 11.8. The SMILES string of the molecule is Cc1ccc(/C=C/C(=O)Nc2ccc(OCC(=O)O)cc2)cc1. The lowest BCUT2D eigenvalue weighted by Gasteiger charge is -2.05. The maximum absolute atomic E-state index is 11.8. The standard InChI is InChI=1S/C18H17NO4/c1-13-2-4-14(5-3-13)6-11-17(20)19-15-7-9-16(10-8-15)23-12-18(21)22/h2-11H,12H2,1H3,(H,19,20)(H,21,22)/b11-6+. The third-order valence-corrected chi connectivity index (χ3v) is 2.99. The molecule has 0 saturated carbocycles. The van der Waals surface area contributed by atoms with Gasteiger partial charge in [-0.1, -0.05) is 29.8 Å². The third-order valence-electron chi connectivity index (χ3n) is 2.99. The first kappa shape index (κ1) is 16.3. The molecule has 5 heteroatoms. The highest BCUT2D eigenvalue weighted by molar-refractivity contribution is 6.01. The lowest BCUT2D eigenvalue weighted by Crippen LogP contribution is -2.10. The van der Waals surface area contributed by atoms with Crippen LogP contribution in [0.4, 0.5) is 5.69 Å². The van der Waals surface area contributed by atoms with Crippen LogP contribution in [0.15, 0.2) is 54.6 Å². The van der Waals surface area contributed by atoms with Crippen LogP contribution in [0.3, 0.4) is 0 Å². The van der Waals surface area contributed by atoms with Gasteiger partial charge in [-0.05, 0) is 42.8 Å². The van der Waals surface area contributed by atoms with Crippen LogP contribution in [-0.4, -0.2) is 23.6 Å². The van der Waals surface area contributed by atoms with Crippen LogP contribution < -0.4 is 10.1 Å². The Hall–Kier alpha value is -3.08. The van der Waals surface area contributed by atoms with Gasteiger partial charge in [0, 0.05) is 11.8 Å². The molecule has 0 unspecified atom stereocenters. The van der Waals surface area contributed by atoms with Crippen molar-refractivity contribution in [3.8, 4) is 5.75 Å². The van der Waals surface area contributed by atoms with Crippen molar-refractivity contribution in [2.75, 3.05) is 11.9 Å². The van der Waals surface area contributed by atoms with E-state index in [-0.39, 0.29) is 5.91 Å². The summed E-state index contributed by atoms with van der Waals surface area (Å²) < 4.78 is 5.02. The van der Waals surface area contributed by atoms with Gasteiger partial charge in [-0.15, -0.1) is 0 Å². The number of hydrogen-bond acceptors (Lipinski definition) is 3. The van der Waals surface area contributed by atoms with Gasteiger partial charge in [0.15, 0.2) is 6.61 Å². The number of carbonyl (C=O) groups is 2. The summed E-state index contributed by atoms with van der Waals surface area (Å²) in [5.41, 5.74) is 2.71. The van der Waals surface area contributed by atoms with Crippen LogP contribution in [0.1, 0.15) is 11.1 Å². The molecule has 0 aliphatic carbocycles. The number of ether oxygens (including phenoxy) is 1. The summed E-state index contributed by atoms with van der Waals surface area (Å²) in [4.78, 5) is 22.2. The van der Waals surface area contributed by atoms with E-state index in [1.54, 1.807) is 30.3 Å². The highest BCUT2D eigenvalue weighted by atomic mass is 16.5. The van der Waals surface area contributed by atoms with Crippen molar-refractivity contribution < 1.29 is 19.4 Å². The topological polar surface area (TPSA) is 75.6 Å². The normalized spacial score (nSPS) is 10.5. The Morgan fingerprint density at radius 3 is 2.35 bits per heavy atom. The quantitative estimate of drug-likeness (QED) is 0.804. The zero-order chi connectivity index (χ0) is 16.7. The number of hydrogen-bond donors (Lipinski definition) is 2. The van der Waals surface area contributed by atoms with Crippen LogP contribution in [0.5, 0.6) is 5.75 Å². The molecule has 23 heavy (non-hydrogen) atoms. The number of nitrogens with one attached hydrogen (secondary N) is 1. The van der Waals surface area contributed by atoms with E-state index in [1.165, 1.54) is 6.08 Å². The fourth-order valence-electron chi connectivity index (χ4n) is 1.81. The number of benzene rings is 2. The number of anilines is 1. The molecule has 0 bridgehead atoms. The number of rotatable bonds is 6. The Morgan fingerprint density at radius 2 is 1.74 bits per heavy atom. The van der Waals surface area contributed by atoms with Gasteiger partial charge in [0.25, 0.3) is 0 Å². The van der Waals surface area contributed by atoms with E-state index in [2.05, 4.69) is 5.32 Å². The fraction of sp³-hybridized carbons (Fsp3) is 0.111. The molecule has 0 aliphatic heterocycles. The molecule has 2 N–H and O–H groups in total. The highest BCUT2D eigenvalue weighted by Crippen LogP contribution is 2.15. The van der Waals surface area contributed by atoms with Crippen molar-refractivity contribution in [2.45, 2.75) is 6.92 Å². The van der Waals surface area contributed by atoms with E-state index in [0.29, 0.717) is 11.4 Å². The molecule has 2 aromatic carbocycles. The van der Waals surface area contributed by atoms with E-state index >= 15 is 0 Å². The number of aliphatic carboxylic acids is 1. The number of aryl methyl sites for hydroxylation is 1. The molecule has 0 aromatic heterocycles. The van der Waals surface area contributed by atoms with Crippen molar-refractivity contribution in [1.82, 2.24) is 0 Å². The Morgan fingerprint density at radius 1 is 1.09 bits per heavy atom. The van der Waals surface area contributed by atoms with Crippen molar-refractivity contribution in [2.24, 2.45) is 0 Å². The zero-order valence-corrected chi connectivity index (χ0v) is 12.7. The van der Waals surface area contributed by atoms with Crippen LogP contribution in [0.2, 0.25) is 0 Å². The van der Waals surface area contributed by atoms with Crippen LogP contribution in [0, 0.1) is 6.92 Å². The summed E-state index contributed by atoms with van der Waals surface area (Å²) in [5, 5.41) is 11.2. The van der Waals surface area contributed by atoms with E-state index < -0.39 is 12.6 Å². The maximum Gasteiger partial charge on any atom is 0.341 e. The Kier molecular flexibility index (Phi) is 5.52. The summed E-state index contributed by atoms with van der Waals surface area (Å²) in [5.74, 6) is -0.853. The number of amides is 1. The van der Waals surface area contributed by atoms with Gasteiger partial charge in [-0.25, -0.2) is 4.79 Å². The second-order valence-electron chi connectivity index (χ2n) is 4.94. The molecular weight excluding hydrogens is 294 g/mol. The van der Waals surface area contributed by atoms with Gasteiger partial charge in [-0.3, -0.25) is 4.79 Å². The second kappa shape index (κ2) is 7.79. The molecule has 5 nitrogen and oxygen atoms in total. The lowest BCUT2D eigenvalue weighted by molar-refractivity contribution is -0.139. The molecule has 0 radical (unpaired) electrons. The summed E-state index contributed by atoms with van der Waals surface area (Å²) in [6, 6.07) is 14.3. The predicted molar refractivity (Wildman–Crippen MR) is 88.4 cm³/mol. The summed E-state index contributed by atoms with van der Waals surface area (Å²) >= 11 is 0. The van der Waals surface area contributed by atoms with Gasteiger partial charge < -0.3 is 15.2 Å². The highest BCUT2D eigenvalue weighted by Gasteiger charge is 2.01. The third kappa shape index (κ3) is 5.67. The van der Waals surface area contributed by atoms with Crippen LogP contribution in [0.25, 0.3) is 6.08 Å². The summed E-state index contributed by atoms with van der Waals surface area (Å²) in [6.45, 7) is 1.61. The Labute approximate surface area is 134 Å². The fourth-order valence-corrected chi connectivity index (χ4v) is 1.81. The minimum atomic E-state index is -1.04. The zero-order valence-electron chi connectivity index (χ0n) is 12.7. The molecule has 0 atom stereocenters. The average molecular weight is 311 g/mol. The number of carbonyl (C=O) groups excluding carboxylic acids is 1. The molecule has 1 amide bonds. The average Bonchev–Trinajstić information content (AvgIpc) is 2.53. The van der Waals surface area contributed by atoms with E-state index in [1.807, 2.05) is 31.2 Å². The number of carboxylic acid groups (broad SMARTS) is 1. The van der Waals surface area contributed by atoms with Crippen molar-refractivity contribution >= 4 is 23.6 Å². The van der Waals surface area contributed by atoms with Crippen molar-refractivity contribution in [3.05, 3.63) is 65.7 Å². The molecule has 0 fully saturated rings. The minimum absolute atomic E-state index is 0.246.